The standard InChI is InChI=1S/C12H14O3S/c1-8(13)12(9-5-4-6-16-9)7-11(2,3)15-10(12)14/h4-6H,7H2,1-3H3/t12-/m0/s1. The number of Topliss-reactive ketones (excluding diaryl/α,β-unsaturated/α-hetero) is 1. The van der Waals surface area contributed by atoms with E-state index >= 15 is 0 Å². The average Bonchev–Trinajstić information content (AvgIpc) is 2.71. The fourth-order valence-electron chi connectivity index (χ4n) is 2.24. The minimum Gasteiger partial charge on any atom is -0.459 e. The molecule has 2 heterocycles. The van der Waals surface area contributed by atoms with Crippen LogP contribution < -0.4 is 0 Å². The molecule has 0 N–H and O–H groups in total. The van der Waals surface area contributed by atoms with Crippen LogP contribution in [0.15, 0.2) is 17.5 Å². The molecule has 1 aromatic heterocycles. The average molecular weight is 238 g/mol. The Morgan fingerprint density at radius 1 is 1.50 bits per heavy atom. The van der Waals surface area contributed by atoms with Gasteiger partial charge in [0.1, 0.15) is 5.60 Å². The molecule has 3 nitrogen and oxygen atoms in total. The van der Waals surface area contributed by atoms with Crippen LogP contribution in [-0.2, 0) is 19.7 Å². The van der Waals surface area contributed by atoms with Gasteiger partial charge >= 0.3 is 5.97 Å². The number of esters is 1. The van der Waals surface area contributed by atoms with Crippen molar-refractivity contribution in [2.45, 2.75) is 38.2 Å². The Morgan fingerprint density at radius 2 is 2.19 bits per heavy atom. The molecule has 4 heteroatoms. The van der Waals surface area contributed by atoms with Crippen molar-refractivity contribution in [3.05, 3.63) is 22.4 Å². The van der Waals surface area contributed by atoms with E-state index in [2.05, 4.69) is 0 Å². The first-order valence-corrected chi connectivity index (χ1v) is 6.05. The van der Waals surface area contributed by atoms with E-state index in [0.717, 1.165) is 4.88 Å². The molecule has 1 fully saturated rings. The second-order valence-corrected chi connectivity index (χ2v) is 5.71. The van der Waals surface area contributed by atoms with Crippen LogP contribution in [0.5, 0.6) is 0 Å². The smallest absolute Gasteiger partial charge is 0.325 e. The highest BCUT2D eigenvalue weighted by Crippen LogP contribution is 2.44. The van der Waals surface area contributed by atoms with E-state index < -0.39 is 17.0 Å². The molecule has 0 saturated carbocycles. The van der Waals surface area contributed by atoms with Crippen molar-refractivity contribution in [2.75, 3.05) is 0 Å². The van der Waals surface area contributed by atoms with Gasteiger partial charge in [0.2, 0.25) is 0 Å². The molecule has 1 aromatic rings. The number of ketones is 1. The monoisotopic (exact) mass is 238 g/mol. The van der Waals surface area contributed by atoms with Gasteiger partial charge in [0.25, 0.3) is 0 Å². The lowest BCUT2D eigenvalue weighted by molar-refractivity contribution is -0.151. The van der Waals surface area contributed by atoms with Crippen molar-refractivity contribution in [1.29, 1.82) is 0 Å². The number of thiophene rings is 1. The van der Waals surface area contributed by atoms with Gasteiger partial charge in [-0.25, -0.2) is 0 Å². The zero-order chi connectivity index (χ0) is 12.0. The minimum atomic E-state index is -1.07. The summed E-state index contributed by atoms with van der Waals surface area (Å²) < 4.78 is 5.30. The third-order valence-corrected chi connectivity index (χ3v) is 3.98. The Balaban J connectivity index is 2.54. The number of carbonyl (C=O) groups is 2. The minimum absolute atomic E-state index is 0.134. The Hall–Kier alpha value is -1.16. The first kappa shape index (κ1) is 11.3. The van der Waals surface area contributed by atoms with Crippen LogP contribution in [-0.4, -0.2) is 17.4 Å². The van der Waals surface area contributed by atoms with Gasteiger partial charge in [-0.2, -0.15) is 0 Å². The molecule has 0 bridgehead atoms. The predicted molar refractivity (Wildman–Crippen MR) is 61.5 cm³/mol. The molecule has 0 unspecified atom stereocenters. The molecular formula is C12H14O3S. The van der Waals surface area contributed by atoms with Gasteiger partial charge in [0, 0.05) is 11.3 Å². The summed E-state index contributed by atoms with van der Waals surface area (Å²) in [6.07, 6.45) is 0.425. The molecule has 16 heavy (non-hydrogen) atoms. The highest BCUT2D eigenvalue weighted by Gasteiger charge is 2.57. The van der Waals surface area contributed by atoms with Gasteiger partial charge in [-0.3, -0.25) is 9.59 Å². The summed E-state index contributed by atoms with van der Waals surface area (Å²) >= 11 is 1.43. The summed E-state index contributed by atoms with van der Waals surface area (Å²) in [5.41, 5.74) is -1.63. The fourth-order valence-corrected chi connectivity index (χ4v) is 3.20. The van der Waals surface area contributed by atoms with Gasteiger partial charge in [-0.05, 0) is 32.2 Å². The number of hydrogen-bond donors (Lipinski definition) is 0. The van der Waals surface area contributed by atoms with Crippen molar-refractivity contribution in [1.82, 2.24) is 0 Å². The number of rotatable bonds is 2. The van der Waals surface area contributed by atoms with Gasteiger partial charge in [-0.15, -0.1) is 11.3 Å². The molecule has 1 atom stereocenters. The van der Waals surface area contributed by atoms with Crippen LogP contribution in [0, 0.1) is 0 Å². The van der Waals surface area contributed by atoms with Crippen molar-refractivity contribution < 1.29 is 14.3 Å². The van der Waals surface area contributed by atoms with Crippen molar-refractivity contribution in [3.8, 4) is 0 Å². The SMILES string of the molecule is CC(=O)[C@]1(c2cccs2)CC(C)(C)OC1=O. The number of cyclic esters (lactones) is 1. The molecule has 1 saturated heterocycles. The van der Waals surface area contributed by atoms with E-state index in [9.17, 15) is 9.59 Å². The number of hydrogen-bond acceptors (Lipinski definition) is 4. The highest BCUT2D eigenvalue weighted by atomic mass is 32.1. The predicted octanol–water partition coefficient (Wildman–Crippen LogP) is 2.30. The number of ether oxygens (including phenoxy) is 1. The Morgan fingerprint density at radius 3 is 2.56 bits per heavy atom. The van der Waals surface area contributed by atoms with E-state index in [1.54, 1.807) is 0 Å². The maximum absolute atomic E-state index is 12.0. The number of carbonyl (C=O) groups excluding carboxylic acids is 2. The van der Waals surface area contributed by atoms with Crippen LogP contribution >= 0.6 is 11.3 Å². The molecule has 0 amide bonds. The first-order valence-electron chi connectivity index (χ1n) is 5.17. The first-order chi connectivity index (χ1) is 7.38. The highest BCUT2D eigenvalue weighted by molar-refractivity contribution is 7.10. The fraction of sp³-hybridized carbons (Fsp3) is 0.500. The van der Waals surface area contributed by atoms with E-state index in [1.807, 2.05) is 31.4 Å². The van der Waals surface area contributed by atoms with Crippen LogP contribution in [0.1, 0.15) is 32.1 Å². The van der Waals surface area contributed by atoms with Crippen LogP contribution in [0.3, 0.4) is 0 Å². The Kier molecular flexibility index (Phi) is 2.42. The molecule has 1 aliphatic rings. The zero-order valence-corrected chi connectivity index (χ0v) is 10.4. The second-order valence-electron chi connectivity index (χ2n) is 4.76. The lowest BCUT2D eigenvalue weighted by atomic mass is 9.77. The molecule has 0 radical (unpaired) electrons. The quantitative estimate of drug-likeness (QED) is 0.586. The lowest BCUT2D eigenvalue weighted by Gasteiger charge is -2.21. The van der Waals surface area contributed by atoms with Crippen molar-refractivity contribution in [2.24, 2.45) is 0 Å². The van der Waals surface area contributed by atoms with Crippen molar-refractivity contribution in [3.63, 3.8) is 0 Å². The molecule has 1 aliphatic heterocycles. The molecular weight excluding hydrogens is 224 g/mol. The van der Waals surface area contributed by atoms with Crippen LogP contribution in [0.4, 0.5) is 0 Å². The van der Waals surface area contributed by atoms with E-state index in [-0.39, 0.29) is 5.78 Å². The zero-order valence-electron chi connectivity index (χ0n) is 9.57. The maximum Gasteiger partial charge on any atom is 0.325 e. The van der Waals surface area contributed by atoms with Crippen molar-refractivity contribution >= 4 is 23.1 Å². The largest absolute Gasteiger partial charge is 0.459 e. The van der Waals surface area contributed by atoms with Gasteiger partial charge in [0.05, 0.1) is 0 Å². The molecule has 0 spiro atoms. The van der Waals surface area contributed by atoms with E-state index in [0.29, 0.717) is 6.42 Å². The summed E-state index contributed by atoms with van der Waals surface area (Å²) in [5, 5.41) is 1.87. The van der Waals surface area contributed by atoms with Crippen LogP contribution in [0.2, 0.25) is 0 Å². The molecule has 2 rings (SSSR count). The van der Waals surface area contributed by atoms with E-state index in [4.69, 9.17) is 4.74 Å². The Labute approximate surface area is 98.4 Å². The van der Waals surface area contributed by atoms with Gasteiger partial charge < -0.3 is 4.74 Å². The Bertz CT molecular complexity index is 433. The lowest BCUT2D eigenvalue weighted by Crippen LogP contribution is -2.38. The molecule has 0 aromatic carbocycles. The third kappa shape index (κ3) is 1.48. The van der Waals surface area contributed by atoms with Gasteiger partial charge in [-0.1, -0.05) is 6.07 Å². The summed E-state index contributed by atoms with van der Waals surface area (Å²) in [5.74, 6) is -0.544. The maximum atomic E-state index is 12.0. The second kappa shape index (κ2) is 3.42. The summed E-state index contributed by atoms with van der Waals surface area (Å²) in [7, 11) is 0. The van der Waals surface area contributed by atoms with E-state index in [1.165, 1.54) is 18.3 Å². The summed E-state index contributed by atoms with van der Waals surface area (Å²) in [4.78, 5) is 24.7. The summed E-state index contributed by atoms with van der Waals surface area (Å²) in [6.45, 7) is 5.13. The van der Waals surface area contributed by atoms with Crippen LogP contribution in [0.25, 0.3) is 0 Å². The molecule has 0 aliphatic carbocycles. The molecule has 86 valence electrons. The topological polar surface area (TPSA) is 43.4 Å². The normalized spacial score (nSPS) is 27.8. The summed E-state index contributed by atoms with van der Waals surface area (Å²) in [6, 6.07) is 3.68. The van der Waals surface area contributed by atoms with Gasteiger partial charge in [0.15, 0.2) is 11.2 Å². The third-order valence-electron chi connectivity index (χ3n) is 2.95.